The number of ether oxygens (including phenoxy) is 1. The Balaban J connectivity index is 1.75. The van der Waals surface area contributed by atoms with Gasteiger partial charge in [-0.2, -0.15) is 0 Å². The Morgan fingerprint density at radius 2 is 1.50 bits per heavy atom. The molecule has 3 rings (SSSR count). The fourth-order valence-electron chi connectivity index (χ4n) is 3.29. The monoisotopic (exact) mass is 452 g/mol. The Kier molecular flexibility index (Phi) is 7.53. The van der Waals surface area contributed by atoms with E-state index < -0.39 is 15.9 Å². The van der Waals surface area contributed by atoms with Crippen LogP contribution in [0.3, 0.4) is 0 Å². The van der Waals surface area contributed by atoms with Crippen LogP contribution in [0.15, 0.2) is 83.8 Å². The number of benzene rings is 3. The van der Waals surface area contributed by atoms with E-state index in [1.807, 2.05) is 57.2 Å². The summed E-state index contributed by atoms with van der Waals surface area (Å²) >= 11 is 0. The maximum atomic E-state index is 13.4. The third-order valence-corrected chi connectivity index (χ3v) is 6.77. The fourth-order valence-corrected chi connectivity index (χ4v) is 4.79. The van der Waals surface area contributed by atoms with Crippen LogP contribution < -0.4 is 14.4 Å². The van der Waals surface area contributed by atoms with Gasteiger partial charge in [0.25, 0.3) is 10.0 Å². The fraction of sp³-hybridized carbons (Fsp3) is 0.240. The number of anilines is 1. The van der Waals surface area contributed by atoms with Gasteiger partial charge in [0, 0.05) is 0 Å². The second-order valence-electron chi connectivity index (χ2n) is 7.66. The summed E-state index contributed by atoms with van der Waals surface area (Å²) in [6, 6.07) is 22.6. The molecule has 0 spiro atoms. The number of rotatable bonds is 9. The van der Waals surface area contributed by atoms with Crippen molar-refractivity contribution in [2.24, 2.45) is 0 Å². The van der Waals surface area contributed by atoms with E-state index in [1.165, 1.54) is 12.1 Å². The second-order valence-corrected chi connectivity index (χ2v) is 9.52. The number of carbonyl (C=O) groups is 1. The Hall–Kier alpha value is -3.32. The summed E-state index contributed by atoms with van der Waals surface area (Å²) in [6.07, 6.45) is 0. The van der Waals surface area contributed by atoms with Crippen LogP contribution in [0.25, 0.3) is 0 Å². The lowest BCUT2D eigenvalue weighted by molar-refractivity contribution is -0.120. The molecule has 6 nitrogen and oxygen atoms in total. The summed E-state index contributed by atoms with van der Waals surface area (Å²) in [4.78, 5) is 13.0. The summed E-state index contributed by atoms with van der Waals surface area (Å²) in [7, 11) is -3.93. The third kappa shape index (κ3) is 5.68. The number of nitrogens with one attached hydrogen (secondary N) is 1. The van der Waals surface area contributed by atoms with Crippen molar-refractivity contribution in [1.29, 1.82) is 0 Å². The van der Waals surface area contributed by atoms with E-state index in [9.17, 15) is 13.2 Å². The molecule has 1 N–H and O–H groups in total. The van der Waals surface area contributed by atoms with Crippen LogP contribution in [0.5, 0.6) is 5.75 Å². The van der Waals surface area contributed by atoms with Crippen LogP contribution in [-0.4, -0.2) is 33.5 Å². The molecule has 168 valence electrons. The molecular formula is C25H28N2O4S. The number of carbonyl (C=O) groups excluding carboxylic acids is 1. The highest BCUT2D eigenvalue weighted by Crippen LogP contribution is 2.26. The van der Waals surface area contributed by atoms with Crippen LogP contribution in [0.2, 0.25) is 0 Å². The molecule has 0 aliphatic heterocycles. The van der Waals surface area contributed by atoms with Crippen LogP contribution in [0, 0.1) is 13.8 Å². The minimum absolute atomic E-state index is 0.131. The van der Waals surface area contributed by atoms with E-state index in [1.54, 1.807) is 30.3 Å². The molecule has 3 aromatic carbocycles. The zero-order valence-corrected chi connectivity index (χ0v) is 19.3. The molecule has 0 fully saturated rings. The first-order valence-electron chi connectivity index (χ1n) is 10.4. The van der Waals surface area contributed by atoms with Crippen molar-refractivity contribution in [1.82, 2.24) is 5.32 Å². The third-order valence-electron chi connectivity index (χ3n) is 4.99. The maximum absolute atomic E-state index is 13.4. The molecule has 1 amide bonds. The van der Waals surface area contributed by atoms with Crippen molar-refractivity contribution in [3.63, 3.8) is 0 Å². The molecule has 1 unspecified atom stereocenters. The summed E-state index contributed by atoms with van der Waals surface area (Å²) in [5.74, 6) is 0.343. The van der Waals surface area contributed by atoms with Gasteiger partial charge in [0.1, 0.15) is 18.9 Å². The highest BCUT2D eigenvalue weighted by atomic mass is 32.2. The molecular weight excluding hydrogens is 424 g/mol. The minimum Gasteiger partial charge on any atom is -0.491 e. The number of nitrogens with zero attached hydrogens (tertiary/aromatic N) is 1. The lowest BCUT2D eigenvalue weighted by atomic mass is 10.2. The number of sulfonamides is 1. The van der Waals surface area contributed by atoms with Crippen molar-refractivity contribution in [2.45, 2.75) is 31.7 Å². The van der Waals surface area contributed by atoms with Gasteiger partial charge in [-0.05, 0) is 56.2 Å². The zero-order valence-electron chi connectivity index (χ0n) is 18.5. The molecule has 0 saturated carbocycles. The average molecular weight is 453 g/mol. The quantitative estimate of drug-likeness (QED) is 0.531. The number of hydrogen-bond donors (Lipinski definition) is 1. The molecule has 0 radical (unpaired) electrons. The molecule has 3 aromatic rings. The molecule has 7 heteroatoms. The molecule has 32 heavy (non-hydrogen) atoms. The molecule has 0 saturated heterocycles. The first kappa shape index (κ1) is 23.3. The van der Waals surface area contributed by atoms with Gasteiger partial charge < -0.3 is 10.1 Å². The first-order chi connectivity index (χ1) is 15.3. The highest BCUT2D eigenvalue weighted by molar-refractivity contribution is 7.92. The van der Waals surface area contributed by atoms with E-state index in [4.69, 9.17) is 4.74 Å². The van der Waals surface area contributed by atoms with Crippen molar-refractivity contribution in [2.75, 3.05) is 17.5 Å². The van der Waals surface area contributed by atoms with Crippen LogP contribution in [0.4, 0.5) is 5.69 Å². The van der Waals surface area contributed by atoms with Gasteiger partial charge in [0.05, 0.1) is 16.6 Å². The van der Waals surface area contributed by atoms with Gasteiger partial charge in [0.15, 0.2) is 0 Å². The SMILES string of the molecule is Cc1ccccc1OCC(C)NC(=O)CN(c1ccccc1C)S(=O)(=O)c1ccccc1. The number of hydrogen-bond acceptors (Lipinski definition) is 4. The van der Waals surface area contributed by atoms with Gasteiger partial charge in [-0.15, -0.1) is 0 Å². The van der Waals surface area contributed by atoms with Crippen LogP contribution in [0.1, 0.15) is 18.1 Å². The summed E-state index contributed by atoms with van der Waals surface area (Å²) in [5, 5.41) is 2.84. The molecule has 0 aliphatic rings. The standard InChI is InChI=1S/C25H28N2O4S/c1-19-11-7-9-15-23(19)27(32(29,30)22-13-5-4-6-14-22)17-25(28)26-21(3)18-31-24-16-10-8-12-20(24)2/h4-16,21H,17-18H2,1-3H3,(H,26,28). The van der Waals surface area contributed by atoms with Crippen molar-refractivity contribution >= 4 is 21.6 Å². The van der Waals surface area contributed by atoms with Crippen molar-refractivity contribution < 1.29 is 17.9 Å². The number of para-hydroxylation sites is 2. The van der Waals surface area contributed by atoms with Crippen molar-refractivity contribution in [3.8, 4) is 5.75 Å². The smallest absolute Gasteiger partial charge is 0.264 e. The first-order valence-corrected chi connectivity index (χ1v) is 11.8. The maximum Gasteiger partial charge on any atom is 0.264 e. The Morgan fingerprint density at radius 1 is 0.906 bits per heavy atom. The lowest BCUT2D eigenvalue weighted by Gasteiger charge is -2.26. The zero-order chi connectivity index (χ0) is 23.1. The molecule has 0 aromatic heterocycles. The largest absolute Gasteiger partial charge is 0.491 e. The number of aryl methyl sites for hydroxylation is 2. The number of amides is 1. The van der Waals surface area contributed by atoms with Crippen molar-refractivity contribution in [3.05, 3.63) is 90.0 Å². The summed E-state index contributed by atoms with van der Waals surface area (Å²) in [6.45, 7) is 5.52. The molecule has 1 atom stereocenters. The Labute approximate surface area is 189 Å². The average Bonchev–Trinajstić information content (AvgIpc) is 2.78. The van der Waals surface area contributed by atoms with E-state index in [0.29, 0.717) is 5.69 Å². The van der Waals surface area contributed by atoms with Crippen LogP contribution >= 0.6 is 0 Å². The Bertz CT molecular complexity index is 1160. The van der Waals surface area contributed by atoms with E-state index in [-0.39, 0.29) is 24.1 Å². The minimum atomic E-state index is -3.93. The normalized spacial score (nSPS) is 12.1. The van der Waals surface area contributed by atoms with Gasteiger partial charge >= 0.3 is 0 Å². The topological polar surface area (TPSA) is 75.7 Å². The molecule has 0 aliphatic carbocycles. The van der Waals surface area contributed by atoms with Gasteiger partial charge in [0.2, 0.25) is 5.91 Å². The molecule has 0 heterocycles. The lowest BCUT2D eigenvalue weighted by Crippen LogP contribution is -2.45. The van der Waals surface area contributed by atoms with Gasteiger partial charge in [-0.3, -0.25) is 9.10 Å². The van der Waals surface area contributed by atoms with E-state index in [0.717, 1.165) is 21.2 Å². The van der Waals surface area contributed by atoms with Gasteiger partial charge in [-0.1, -0.05) is 54.6 Å². The van der Waals surface area contributed by atoms with Crippen LogP contribution in [-0.2, 0) is 14.8 Å². The van der Waals surface area contributed by atoms with E-state index >= 15 is 0 Å². The predicted octanol–water partition coefficient (Wildman–Crippen LogP) is 4.08. The predicted molar refractivity (Wildman–Crippen MR) is 126 cm³/mol. The summed E-state index contributed by atoms with van der Waals surface area (Å²) in [5.41, 5.74) is 2.23. The second kappa shape index (κ2) is 10.3. The molecule has 0 bridgehead atoms. The van der Waals surface area contributed by atoms with Gasteiger partial charge in [-0.25, -0.2) is 8.42 Å². The summed E-state index contributed by atoms with van der Waals surface area (Å²) < 4.78 is 33.7. The van der Waals surface area contributed by atoms with E-state index in [2.05, 4.69) is 5.32 Å². The highest BCUT2D eigenvalue weighted by Gasteiger charge is 2.28. The Morgan fingerprint density at radius 3 is 2.16 bits per heavy atom.